The first-order valence-electron chi connectivity index (χ1n) is 9.77. The molecule has 2 aliphatic heterocycles. The zero-order valence-corrected chi connectivity index (χ0v) is 17.0. The molecule has 0 radical (unpaired) electrons. The number of nitrogens with zero attached hydrogens (tertiary/aromatic N) is 1. The van der Waals surface area contributed by atoms with Crippen molar-refractivity contribution in [2.45, 2.75) is 57.1 Å². The van der Waals surface area contributed by atoms with Gasteiger partial charge in [-0.15, -0.1) is 0 Å². The molecule has 1 fully saturated rings. The molecule has 0 saturated carbocycles. The van der Waals surface area contributed by atoms with Crippen molar-refractivity contribution in [1.82, 2.24) is 4.90 Å². The Kier molecular flexibility index (Phi) is 5.95. The van der Waals surface area contributed by atoms with Crippen LogP contribution in [0.1, 0.15) is 33.9 Å². The largest absolute Gasteiger partial charge is 0.394 e. The van der Waals surface area contributed by atoms with Crippen LogP contribution < -0.4 is 0 Å². The third-order valence-electron chi connectivity index (χ3n) is 5.94. The fourth-order valence-corrected chi connectivity index (χ4v) is 4.40. The standard InChI is InChI=1S/C22H26ClNO5/c1-12-2-3-13(22-21(28)20(27)19(26)18(11-25)29-22)6-15(12)9-24-8-14-4-5-17(23)7-16(14)10-24/h2-7,18-22,25-28H,8-11H2,1H3. The molecule has 0 spiro atoms. The molecule has 1 saturated heterocycles. The first-order valence-corrected chi connectivity index (χ1v) is 10.1. The molecule has 5 unspecified atom stereocenters. The number of ether oxygens (including phenoxy) is 1. The molecule has 0 aromatic heterocycles. The van der Waals surface area contributed by atoms with Crippen LogP contribution >= 0.6 is 11.6 Å². The van der Waals surface area contributed by atoms with Crippen LogP contribution in [0.15, 0.2) is 36.4 Å². The van der Waals surface area contributed by atoms with Crippen LogP contribution in [0.2, 0.25) is 5.02 Å². The summed E-state index contributed by atoms with van der Waals surface area (Å²) in [6.07, 6.45) is -5.75. The van der Waals surface area contributed by atoms with E-state index in [4.69, 9.17) is 16.3 Å². The minimum atomic E-state index is -1.38. The molecule has 4 rings (SSSR count). The van der Waals surface area contributed by atoms with Gasteiger partial charge >= 0.3 is 0 Å². The van der Waals surface area contributed by atoms with E-state index >= 15 is 0 Å². The summed E-state index contributed by atoms with van der Waals surface area (Å²) in [6, 6.07) is 11.8. The van der Waals surface area contributed by atoms with Gasteiger partial charge in [0.2, 0.25) is 0 Å². The van der Waals surface area contributed by atoms with Gasteiger partial charge in [-0.1, -0.05) is 35.9 Å². The number of aliphatic hydroxyl groups excluding tert-OH is 4. The van der Waals surface area contributed by atoms with E-state index in [1.54, 1.807) is 0 Å². The molecular formula is C22H26ClNO5. The summed E-state index contributed by atoms with van der Waals surface area (Å²) in [7, 11) is 0. The predicted molar refractivity (Wildman–Crippen MR) is 108 cm³/mol. The smallest absolute Gasteiger partial charge is 0.113 e. The van der Waals surface area contributed by atoms with Gasteiger partial charge in [0, 0.05) is 24.7 Å². The highest BCUT2D eigenvalue weighted by Crippen LogP contribution is 2.34. The molecule has 2 aliphatic rings. The van der Waals surface area contributed by atoms with Crippen molar-refractivity contribution in [3.8, 4) is 0 Å². The summed E-state index contributed by atoms with van der Waals surface area (Å²) in [5.41, 5.74) is 5.44. The molecule has 156 valence electrons. The lowest BCUT2D eigenvalue weighted by atomic mass is 9.90. The average molecular weight is 420 g/mol. The Labute approximate surface area is 174 Å². The molecule has 0 bridgehead atoms. The highest BCUT2D eigenvalue weighted by Gasteiger charge is 2.44. The third kappa shape index (κ3) is 4.07. The van der Waals surface area contributed by atoms with Gasteiger partial charge in [0.25, 0.3) is 0 Å². The van der Waals surface area contributed by atoms with Crippen molar-refractivity contribution in [3.05, 3.63) is 69.2 Å². The average Bonchev–Trinajstić information content (AvgIpc) is 3.10. The normalized spacial score (nSPS) is 29.8. The number of fused-ring (bicyclic) bond motifs is 1. The molecule has 2 aromatic rings. The van der Waals surface area contributed by atoms with E-state index in [0.29, 0.717) is 5.56 Å². The number of aliphatic hydroxyl groups is 4. The fraction of sp³-hybridized carbons (Fsp3) is 0.455. The Morgan fingerprint density at radius 3 is 2.52 bits per heavy atom. The molecule has 29 heavy (non-hydrogen) atoms. The highest BCUT2D eigenvalue weighted by atomic mass is 35.5. The van der Waals surface area contributed by atoms with Gasteiger partial charge in [0.05, 0.1) is 6.61 Å². The van der Waals surface area contributed by atoms with Crippen LogP contribution in [0, 0.1) is 6.92 Å². The van der Waals surface area contributed by atoms with Crippen molar-refractivity contribution in [2.24, 2.45) is 0 Å². The molecular weight excluding hydrogens is 394 g/mol. The van der Waals surface area contributed by atoms with Gasteiger partial charge in [-0.05, 0) is 46.9 Å². The van der Waals surface area contributed by atoms with Crippen LogP contribution in [0.5, 0.6) is 0 Å². The second kappa shape index (κ2) is 8.32. The topological polar surface area (TPSA) is 93.4 Å². The minimum absolute atomic E-state index is 0.436. The monoisotopic (exact) mass is 419 g/mol. The van der Waals surface area contributed by atoms with Gasteiger partial charge in [0.1, 0.15) is 30.5 Å². The third-order valence-corrected chi connectivity index (χ3v) is 6.18. The molecule has 6 nitrogen and oxygen atoms in total. The molecule has 5 atom stereocenters. The quantitative estimate of drug-likeness (QED) is 0.602. The lowest BCUT2D eigenvalue weighted by Crippen LogP contribution is -2.55. The number of benzene rings is 2. The van der Waals surface area contributed by atoms with Crippen molar-refractivity contribution in [2.75, 3.05) is 6.61 Å². The maximum atomic E-state index is 10.4. The maximum absolute atomic E-state index is 10.4. The lowest BCUT2D eigenvalue weighted by Gasteiger charge is -2.40. The van der Waals surface area contributed by atoms with E-state index in [1.165, 1.54) is 11.1 Å². The number of hydrogen-bond acceptors (Lipinski definition) is 6. The van der Waals surface area contributed by atoms with Gasteiger partial charge in [0.15, 0.2) is 0 Å². The Morgan fingerprint density at radius 1 is 1.00 bits per heavy atom. The zero-order valence-electron chi connectivity index (χ0n) is 16.2. The first kappa shape index (κ1) is 20.8. The van der Waals surface area contributed by atoms with Crippen molar-refractivity contribution < 1.29 is 25.2 Å². The number of hydrogen-bond donors (Lipinski definition) is 4. The Morgan fingerprint density at radius 2 is 1.76 bits per heavy atom. The zero-order chi connectivity index (χ0) is 20.7. The van der Waals surface area contributed by atoms with Crippen LogP contribution in [-0.2, 0) is 24.4 Å². The second-order valence-electron chi connectivity index (χ2n) is 7.99. The number of aryl methyl sites for hydroxylation is 1. The van der Waals surface area contributed by atoms with Crippen molar-refractivity contribution >= 4 is 11.6 Å². The fourth-order valence-electron chi connectivity index (χ4n) is 4.20. The van der Waals surface area contributed by atoms with E-state index in [9.17, 15) is 20.4 Å². The lowest BCUT2D eigenvalue weighted by molar-refractivity contribution is -0.231. The molecule has 7 heteroatoms. The van der Waals surface area contributed by atoms with Crippen LogP contribution in [0.4, 0.5) is 0 Å². The Bertz CT molecular complexity index is 890. The summed E-state index contributed by atoms with van der Waals surface area (Å²) in [6.45, 7) is 3.99. The van der Waals surface area contributed by atoms with Crippen molar-refractivity contribution in [3.63, 3.8) is 0 Å². The first-order chi connectivity index (χ1) is 13.9. The van der Waals surface area contributed by atoms with E-state index < -0.39 is 37.1 Å². The maximum Gasteiger partial charge on any atom is 0.113 e. The summed E-state index contributed by atoms with van der Waals surface area (Å²) >= 11 is 6.11. The van der Waals surface area contributed by atoms with Gasteiger partial charge in [-0.3, -0.25) is 4.90 Å². The van der Waals surface area contributed by atoms with Crippen LogP contribution in [0.3, 0.4) is 0 Å². The van der Waals surface area contributed by atoms with Gasteiger partial charge in [-0.2, -0.15) is 0 Å². The molecule has 2 aromatic carbocycles. The van der Waals surface area contributed by atoms with Gasteiger partial charge < -0.3 is 25.2 Å². The Balaban J connectivity index is 1.54. The van der Waals surface area contributed by atoms with Crippen LogP contribution in [0.25, 0.3) is 0 Å². The Hall–Kier alpha value is -1.51. The molecule has 4 N–H and O–H groups in total. The molecule has 0 amide bonds. The summed E-state index contributed by atoms with van der Waals surface area (Å²) in [4.78, 5) is 2.32. The number of rotatable bonds is 4. The number of halogens is 1. The van der Waals surface area contributed by atoms with E-state index in [2.05, 4.69) is 11.0 Å². The highest BCUT2D eigenvalue weighted by molar-refractivity contribution is 6.30. The summed E-state index contributed by atoms with van der Waals surface area (Å²) in [5, 5.41) is 40.7. The van der Waals surface area contributed by atoms with Crippen molar-refractivity contribution in [1.29, 1.82) is 0 Å². The predicted octanol–water partition coefficient (Wildman–Crippen LogP) is 1.68. The summed E-state index contributed by atoms with van der Waals surface area (Å²) in [5.74, 6) is 0. The van der Waals surface area contributed by atoms with Crippen LogP contribution in [-0.4, -0.2) is 56.3 Å². The van der Waals surface area contributed by atoms with E-state index in [-0.39, 0.29) is 0 Å². The molecule has 2 heterocycles. The van der Waals surface area contributed by atoms with Gasteiger partial charge in [-0.25, -0.2) is 0 Å². The SMILES string of the molecule is Cc1ccc(C2OC(CO)C(O)C(O)C2O)cc1CN1Cc2ccc(Cl)cc2C1. The molecule has 0 aliphatic carbocycles. The minimum Gasteiger partial charge on any atom is -0.394 e. The van der Waals surface area contributed by atoms with E-state index in [1.807, 2.05) is 37.3 Å². The van der Waals surface area contributed by atoms with E-state index in [0.717, 1.165) is 35.8 Å². The summed E-state index contributed by atoms with van der Waals surface area (Å²) < 4.78 is 5.71. The second-order valence-corrected chi connectivity index (χ2v) is 8.43.